The van der Waals surface area contributed by atoms with E-state index in [-0.39, 0.29) is 10.7 Å². The number of sulfone groups is 1. The summed E-state index contributed by atoms with van der Waals surface area (Å²) in [7, 11) is -2.05. The van der Waals surface area contributed by atoms with Crippen molar-refractivity contribution in [2.75, 3.05) is 5.75 Å². The topological polar surface area (TPSA) is 132 Å². The zero-order chi connectivity index (χ0) is 23.2. The van der Waals surface area contributed by atoms with E-state index in [1.54, 1.807) is 37.4 Å². The van der Waals surface area contributed by atoms with Crippen LogP contribution in [0.15, 0.2) is 59.5 Å². The number of halogens is 1. The fourth-order valence-corrected chi connectivity index (χ4v) is 3.68. The molecule has 1 heterocycles. The summed E-state index contributed by atoms with van der Waals surface area (Å²) >= 11 is 0. The summed E-state index contributed by atoms with van der Waals surface area (Å²) < 4.78 is 37.0. The lowest BCUT2D eigenvalue weighted by atomic mass is 10.1. The van der Waals surface area contributed by atoms with Crippen molar-refractivity contribution in [2.45, 2.75) is 18.2 Å². The molecule has 3 N–H and O–H groups in total. The van der Waals surface area contributed by atoms with Gasteiger partial charge in [0.25, 0.3) is 5.91 Å². The SMILES string of the molecule is CCc1ccc(S(=O)(=O)CC(=O)O)cc1.Cn1nc(-c2ccc(F)cc2)cc1C(N)=O. The van der Waals surface area contributed by atoms with Crippen LogP contribution in [0.4, 0.5) is 4.39 Å². The number of nitrogens with two attached hydrogens (primary N) is 1. The first kappa shape index (κ1) is 23.7. The summed E-state index contributed by atoms with van der Waals surface area (Å²) in [6.07, 6.45) is 0.819. The van der Waals surface area contributed by atoms with Crippen LogP contribution in [0.5, 0.6) is 0 Å². The highest BCUT2D eigenvalue weighted by Crippen LogP contribution is 2.19. The summed E-state index contributed by atoms with van der Waals surface area (Å²) in [5.41, 5.74) is 7.84. The Hall–Kier alpha value is -3.53. The normalized spacial score (nSPS) is 10.8. The van der Waals surface area contributed by atoms with Crippen molar-refractivity contribution in [3.05, 3.63) is 71.7 Å². The summed E-state index contributed by atoms with van der Waals surface area (Å²) in [5, 5.41) is 12.6. The van der Waals surface area contributed by atoms with Crippen molar-refractivity contribution in [1.82, 2.24) is 9.78 Å². The Bertz CT molecular complexity index is 1170. The number of carbonyl (C=O) groups excluding carboxylic acids is 1. The molecule has 8 nitrogen and oxygen atoms in total. The lowest BCUT2D eigenvalue weighted by Crippen LogP contribution is -2.15. The number of hydrogen-bond donors (Lipinski definition) is 2. The smallest absolute Gasteiger partial charge is 0.319 e. The minimum atomic E-state index is -3.68. The van der Waals surface area contributed by atoms with Crippen molar-refractivity contribution >= 4 is 21.7 Å². The van der Waals surface area contributed by atoms with Crippen molar-refractivity contribution in [3.8, 4) is 11.3 Å². The zero-order valence-electron chi connectivity index (χ0n) is 16.9. The molecule has 0 saturated heterocycles. The van der Waals surface area contributed by atoms with E-state index < -0.39 is 27.5 Å². The monoisotopic (exact) mass is 447 g/mol. The predicted molar refractivity (Wildman–Crippen MR) is 113 cm³/mol. The first-order valence-electron chi connectivity index (χ1n) is 9.16. The molecule has 3 rings (SSSR count). The molecule has 0 fully saturated rings. The number of rotatable bonds is 6. The van der Waals surface area contributed by atoms with Gasteiger partial charge in [-0.2, -0.15) is 5.10 Å². The van der Waals surface area contributed by atoms with Crippen LogP contribution in [0.1, 0.15) is 23.0 Å². The fourth-order valence-electron chi connectivity index (χ4n) is 2.64. The molecular weight excluding hydrogens is 425 g/mol. The highest BCUT2D eigenvalue weighted by molar-refractivity contribution is 7.92. The molecule has 0 radical (unpaired) electrons. The second kappa shape index (κ2) is 9.98. The van der Waals surface area contributed by atoms with E-state index in [2.05, 4.69) is 5.10 Å². The molecule has 0 bridgehead atoms. The van der Waals surface area contributed by atoms with Gasteiger partial charge in [0.1, 0.15) is 11.5 Å². The zero-order valence-corrected chi connectivity index (χ0v) is 17.8. The molecule has 0 aliphatic heterocycles. The Morgan fingerprint density at radius 2 is 1.68 bits per heavy atom. The van der Waals surface area contributed by atoms with Crippen LogP contribution >= 0.6 is 0 Å². The standard InChI is InChI=1S/C11H10FN3O.C10H12O4S/c1-15-10(11(13)16)6-9(14-15)7-2-4-8(12)5-3-7;1-2-8-3-5-9(6-4-8)15(13,14)7-10(11)12/h2-6H,1H3,(H2,13,16);3-6H,2,7H2,1H3,(H,11,12). The molecule has 0 atom stereocenters. The third-order valence-corrected chi connectivity index (χ3v) is 5.89. The molecule has 0 unspecified atom stereocenters. The number of carbonyl (C=O) groups is 2. The summed E-state index contributed by atoms with van der Waals surface area (Å²) in [6.45, 7) is 1.96. The van der Waals surface area contributed by atoms with Crippen LogP contribution in [0, 0.1) is 5.82 Å². The second-order valence-electron chi connectivity index (χ2n) is 6.56. The molecular formula is C21H22FN3O5S. The molecule has 0 aliphatic rings. The minimum Gasteiger partial charge on any atom is -0.480 e. The third-order valence-electron chi connectivity index (χ3n) is 4.28. The number of aromatic nitrogens is 2. The maximum absolute atomic E-state index is 12.7. The quantitative estimate of drug-likeness (QED) is 0.596. The second-order valence-corrected chi connectivity index (χ2v) is 8.55. The molecule has 1 aromatic heterocycles. The van der Waals surface area contributed by atoms with E-state index in [4.69, 9.17) is 10.8 Å². The number of primary amides is 1. The van der Waals surface area contributed by atoms with Crippen molar-refractivity contribution in [1.29, 1.82) is 0 Å². The molecule has 1 amide bonds. The Morgan fingerprint density at radius 1 is 1.10 bits per heavy atom. The van der Waals surface area contributed by atoms with Gasteiger partial charge in [-0.3, -0.25) is 14.3 Å². The molecule has 3 aromatic rings. The van der Waals surface area contributed by atoms with Gasteiger partial charge in [0, 0.05) is 12.6 Å². The van der Waals surface area contributed by atoms with Crippen LogP contribution in [0.3, 0.4) is 0 Å². The number of aliphatic carboxylic acids is 1. The average Bonchev–Trinajstić information content (AvgIpc) is 3.10. The fraction of sp³-hybridized carbons (Fsp3) is 0.190. The van der Waals surface area contributed by atoms with Crippen LogP contribution in [0.25, 0.3) is 11.3 Å². The average molecular weight is 447 g/mol. The van der Waals surface area contributed by atoms with E-state index in [0.29, 0.717) is 11.4 Å². The van der Waals surface area contributed by atoms with Crippen LogP contribution in [-0.4, -0.2) is 40.9 Å². The number of benzene rings is 2. The lowest BCUT2D eigenvalue weighted by Gasteiger charge is -2.02. The molecule has 164 valence electrons. The Morgan fingerprint density at radius 3 is 2.13 bits per heavy atom. The predicted octanol–water partition coefficient (Wildman–Crippen LogP) is 2.43. The van der Waals surface area contributed by atoms with Crippen molar-refractivity contribution < 1.29 is 27.5 Å². The third kappa shape index (κ3) is 6.48. The number of carboxylic acid groups (broad SMARTS) is 1. The number of hydrogen-bond acceptors (Lipinski definition) is 5. The molecule has 0 spiro atoms. The maximum atomic E-state index is 12.7. The molecule has 2 aromatic carbocycles. The Balaban J connectivity index is 0.000000221. The molecule has 10 heteroatoms. The van der Waals surface area contributed by atoms with Gasteiger partial charge in [-0.05, 0) is 54.4 Å². The van der Waals surface area contributed by atoms with Crippen molar-refractivity contribution in [2.24, 2.45) is 12.8 Å². The lowest BCUT2D eigenvalue weighted by molar-refractivity contribution is -0.134. The van der Waals surface area contributed by atoms with E-state index in [1.165, 1.54) is 28.9 Å². The number of aryl methyl sites for hydroxylation is 2. The number of nitrogens with zero attached hydrogens (tertiary/aromatic N) is 2. The Kier molecular flexibility index (Phi) is 7.65. The molecule has 0 aliphatic carbocycles. The summed E-state index contributed by atoms with van der Waals surface area (Å²) in [5.74, 6) is -3.05. The van der Waals surface area contributed by atoms with Crippen LogP contribution < -0.4 is 5.73 Å². The van der Waals surface area contributed by atoms with Gasteiger partial charge in [-0.15, -0.1) is 0 Å². The van der Waals surface area contributed by atoms with Gasteiger partial charge < -0.3 is 10.8 Å². The number of carboxylic acids is 1. The van der Waals surface area contributed by atoms with Gasteiger partial charge in [0.2, 0.25) is 0 Å². The minimum absolute atomic E-state index is 0.0575. The first-order valence-corrected chi connectivity index (χ1v) is 10.8. The summed E-state index contributed by atoms with van der Waals surface area (Å²) in [4.78, 5) is 21.4. The van der Waals surface area contributed by atoms with Gasteiger partial charge in [-0.1, -0.05) is 19.1 Å². The van der Waals surface area contributed by atoms with Crippen LogP contribution in [-0.2, 0) is 28.1 Å². The number of amides is 1. The van der Waals surface area contributed by atoms with Crippen LogP contribution in [0.2, 0.25) is 0 Å². The highest BCUT2D eigenvalue weighted by Gasteiger charge is 2.18. The highest BCUT2D eigenvalue weighted by atomic mass is 32.2. The molecule has 31 heavy (non-hydrogen) atoms. The van der Waals surface area contributed by atoms with Gasteiger partial charge in [0.15, 0.2) is 15.6 Å². The maximum Gasteiger partial charge on any atom is 0.319 e. The van der Waals surface area contributed by atoms with Crippen molar-refractivity contribution in [3.63, 3.8) is 0 Å². The largest absolute Gasteiger partial charge is 0.480 e. The summed E-state index contributed by atoms with van der Waals surface area (Å²) in [6, 6.07) is 13.7. The van der Waals surface area contributed by atoms with Gasteiger partial charge in [-0.25, -0.2) is 12.8 Å². The molecule has 0 saturated carbocycles. The van der Waals surface area contributed by atoms with E-state index in [0.717, 1.165) is 17.5 Å². The Labute approximate surface area is 179 Å². The van der Waals surface area contributed by atoms with E-state index in [9.17, 15) is 22.4 Å². The van der Waals surface area contributed by atoms with E-state index in [1.807, 2.05) is 6.92 Å². The first-order chi connectivity index (χ1) is 14.5. The van der Waals surface area contributed by atoms with Gasteiger partial charge >= 0.3 is 5.97 Å². The van der Waals surface area contributed by atoms with E-state index >= 15 is 0 Å². The van der Waals surface area contributed by atoms with Gasteiger partial charge in [0.05, 0.1) is 10.6 Å².